The highest BCUT2D eigenvalue weighted by atomic mass is 32.1. The largest absolute Gasteiger partial charge is 0.369 e. The summed E-state index contributed by atoms with van der Waals surface area (Å²) in [6, 6.07) is 0. The average molecular weight is 248 g/mol. The van der Waals surface area contributed by atoms with Gasteiger partial charge in [0.25, 0.3) is 12.3 Å². The van der Waals surface area contributed by atoms with Crippen molar-refractivity contribution in [3.05, 3.63) is 16.6 Å². The van der Waals surface area contributed by atoms with E-state index in [1.165, 1.54) is 21.7 Å². The number of aromatic nitrogens is 1. The van der Waals surface area contributed by atoms with Gasteiger partial charge in [-0.05, 0) is 0 Å². The molecule has 1 aliphatic rings. The van der Waals surface area contributed by atoms with Gasteiger partial charge >= 0.3 is 0 Å². The first-order valence-corrected chi connectivity index (χ1v) is 5.70. The molecule has 0 bridgehead atoms. The van der Waals surface area contributed by atoms with Crippen molar-refractivity contribution in [2.75, 3.05) is 19.7 Å². The Balaban J connectivity index is 2.02. The van der Waals surface area contributed by atoms with Crippen LogP contribution in [0.15, 0.2) is 10.9 Å². The van der Waals surface area contributed by atoms with Gasteiger partial charge in [0, 0.05) is 11.9 Å². The zero-order valence-corrected chi connectivity index (χ0v) is 9.12. The Morgan fingerprint density at radius 2 is 2.50 bits per heavy atom. The standard InChI is InChI=1S/C9H10F2N2O2S/c10-8(11)7-3-13(1-2-15-7)9(14)6-4-16-5-12-6/h4-5,7-8H,1-3H2. The van der Waals surface area contributed by atoms with E-state index in [1.54, 1.807) is 5.38 Å². The number of nitrogens with zero attached hydrogens (tertiary/aromatic N) is 2. The van der Waals surface area contributed by atoms with Crippen LogP contribution in [-0.2, 0) is 4.74 Å². The van der Waals surface area contributed by atoms with Crippen molar-refractivity contribution >= 4 is 17.2 Å². The molecule has 88 valence electrons. The Kier molecular flexibility index (Phi) is 3.45. The molecule has 0 N–H and O–H groups in total. The molecule has 0 saturated carbocycles. The molecule has 1 amide bonds. The number of alkyl halides is 2. The third-order valence-corrected chi connectivity index (χ3v) is 2.90. The summed E-state index contributed by atoms with van der Waals surface area (Å²) in [7, 11) is 0. The van der Waals surface area contributed by atoms with Crippen LogP contribution < -0.4 is 0 Å². The molecule has 0 aromatic carbocycles. The normalized spacial score (nSPS) is 21.4. The maximum atomic E-state index is 12.4. The lowest BCUT2D eigenvalue weighted by Gasteiger charge is -2.32. The molecule has 1 aliphatic heterocycles. The molecule has 7 heteroatoms. The summed E-state index contributed by atoms with van der Waals surface area (Å²) < 4.78 is 29.7. The molecule has 1 aromatic rings. The molecular formula is C9H10F2N2O2S. The van der Waals surface area contributed by atoms with Crippen LogP contribution in [0.3, 0.4) is 0 Å². The van der Waals surface area contributed by atoms with Gasteiger partial charge in [-0.15, -0.1) is 11.3 Å². The van der Waals surface area contributed by atoms with Crippen LogP contribution in [0.2, 0.25) is 0 Å². The summed E-state index contributed by atoms with van der Waals surface area (Å²) >= 11 is 1.30. The summed E-state index contributed by atoms with van der Waals surface area (Å²) in [6.07, 6.45) is -3.75. The van der Waals surface area contributed by atoms with Gasteiger partial charge in [0.15, 0.2) is 0 Å². The number of carbonyl (C=O) groups is 1. The number of halogens is 2. The van der Waals surface area contributed by atoms with E-state index in [-0.39, 0.29) is 19.1 Å². The average Bonchev–Trinajstić information content (AvgIpc) is 2.81. The summed E-state index contributed by atoms with van der Waals surface area (Å²) in [5.41, 5.74) is 1.85. The number of carbonyl (C=O) groups excluding carboxylic acids is 1. The van der Waals surface area contributed by atoms with Crippen LogP contribution in [0.1, 0.15) is 10.5 Å². The number of morpholine rings is 1. The van der Waals surface area contributed by atoms with E-state index in [0.29, 0.717) is 12.2 Å². The van der Waals surface area contributed by atoms with E-state index in [1.807, 2.05) is 0 Å². The van der Waals surface area contributed by atoms with Gasteiger partial charge in [0.2, 0.25) is 0 Å². The molecule has 1 fully saturated rings. The molecule has 2 rings (SSSR count). The highest BCUT2D eigenvalue weighted by Crippen LogP contribution is 2.15. The van der Waals surface area contributed by atoms with Crippen molar-refractivity contribution in [2.24, 2.45) is 0 Å². The van der Waals surface area contributed by atoms with Crippen LogP contribution >= 0.6 is 11.3 Å². The lowest BCUT2D eigenvalue weighted by molar-refractivity contribution is -0.0943. The Bertz CT molecular complexity index is 358. The van der Waals surface area contributed by atoms with Crippen LogP contribution in [0.4, 0.5) is 8.78 Å². The Morgan fingerprint density at radius 1 is 1.69 bits per heavy atom. The van der Waals surface area contributed by atoms with Gasteiger partial charge in [0.05, 0.1) is 18.7 Å². The maximum absolute atomic E-state index is 12.4. The van der Waals surface area contributed by atoms with Crippen molar-refractivity contribution in [3.63, 3.8) is 0 Å². The zero-order chi connectivity index (χ0) is 11.5. The quantitative estimate of drug-likeness (QED) is 0.791. The number of hydrogen-bond donors (Lipinski definition) is 0. The van der Waals surface area contributed by atoms with Gasteiger partial charge in [-0.2, -0.15) is 0 Å². The van der Waals surface area contributed by atoms with Crippen LogP contribution in [-0.4, -0.2) is 48.0 Å². The summed E-state index contributed by atoms with van der Waals surface area (Å²) in [5, 5.41) is 1.61. The third-order valence-electron chi connectivity index (χ3n) is 2.31. The fraction of sp³-hybridized carbons (Fsp3) is 0.556. The predicted octanol–water partition coefficient (Wildman–Crippen LogP) is 1.25. The van der Waals surface area contributed by atoms with E-state index < -0.39 is 12.5 Å². The Morgan fingerprint density at radius 3 is 3.12 bits per heavy atom. The number of amides is 1. The second-order valence-electron chi connectivity index (χ2n) is 3.37. The van der Waals surface area contributed by atoms with Crippen LogP contribution in [0.5, 0.6) is 0 Å². The lowest BCUT2D eigenvalue weighted by atomic mass is 10.2. The number of thiazole rings is 1. The maximum Gasteiger partial charge on any atom is 0.273 e. The van der Waals surface area contributed by atoms with E-state index in [2.05, 4.69) is 4.98 Å². The molecule has 0 radical (unpaired) electrons. The molecule has 1 aromatic heterocycles. The second-order valence-corrected chi connectivity index (χ2v) is 4.09. The van der Waals surface area contributed by atoms with Gasteiger partial charge in [-0.3, -0.25) is 4.79 Å². The Labute approximate surface area is 94.8 Å². The molecular weight excluding hydrogens is 238 g/mol. The SMILES string of the molecule is O=C(c1cscn1)N1CCOC(C(F)F)C1. The van der Waals surface area contributed by atoms with E-state index in [4.69, 9.17) is 4.74 Å². The minimum Gasteiger partial charge on any atom is -0.369 e. The number of ether oxygens (including phenoxy) is 1. The summed E-state index contributed by atoms with van der Waals surface area (Å²) in [5.74, 6) is -0.310. The minimum atomic E-state index is -2.56. The highest BCUT2D eigenvalue weighted by molar-refractivity contribution is 7.07. The third kappa shape index (κ3) is 2.35. The monoisotopic (exact) mass is 248 g/mol. The fourth-order valence-electron chi connectivity index (χ4n) is 1.49. The first kappa shape index (κ1) is 11.4. The fourth-order valence-corrected chi connectivity index (χ4v) is 2.02. The second kappa shape index (κ2) is 4.84. The smallest absolute Gasteiger partial charge is 0.273 e. The first-order chi connectivity index (χ1) is 7.68. The van der Waals surface area contributed by atoms with Crippen molar-refractivity contribution in [1.29, 1.82) is 0 Å². The number of rotatable bonds is 2. The van der Waals surface area contributed by atoms with Gasteiger partial charge in [-0.25, -0.2) is 13.8 Å². The molecule has 16 heavy (non-hydrogen) atoms. The van der Waals surface area contributed by atoms with Crippen molar-refractivity contribution in [1.82, 2.24) is 9.88 Å². The van der Waals surface area contributed by atoms with Crippen LogP contribution in [0.25, 0.3) is 0 Å². The molecule has 0 aliphatic carbocycles. The van der Waals surface area contributed by atoms with E-state index in [9.17, 15) is 13.6 Å². The van der Waals surface area contributed by atoms with Crippen LogP contribution in [0, 0.1) is 0 Å². The molecule has 0 spiro atoms. The summed E-state index contributed by atoms with van der Waals surface area (Å²) in [4.78, 5) is 17.0. The molecule has 1 atom stereocenters. The van der Waals surface area contributed by atoms with E-state index >= 15 is 0 Å². The Hall–Kier alpha value is -1.08. The molecule has 2 heterocycles. The number of hydrogen-bond acceptors (Lipinski definition) is 4. The van der Waals surface area contributed by atoms with Gasteiger partial charge in [0.1, 0.15) is 11.8 Å². The van der Waals surface area contributed by atoms with Crippen molar-refractivity contribution in [2.45, 2.75) is 12.5 Å². The molecule has 4 nitrogen and oxygen atoms in total. The van der Waals surface area contributed by atoms with Gasteiger partial charge < -0.3 is 9.64 Å². The zero-order valence-electron chi connectivity index (χ0n) is 8.31. The predicted molar refractivity (Wildman–Crippen MR) is 53.8 cm³/mol. The first-order valence-electron chi connectivity index (χ1n) is 4.75. The van der Waals surface area contributed by atoms with E-state index in [0.717, 1.165) is 0 Å². The minimum absolute atomic E-state index is 0.0754. The topological polar surface area (TPSA) is 42.4 Å². The van der Waals surface area contributed by atoms with Gasteiger partial charge in [-0.1, -0.05) is 0 Å². The lowest BCUT2D eigenvalue weighted by Crippen LogP contribution is -2.48. The molecule has 1 unspecified atom stereocenters. The molecule has 1 saturated heterocycles. The van der Waals surface area contributed by atoms with Crippen molar-refractivity contribution < 1.29 is 18.3 Å². The highest BCUT2D eigenvalue weighted by Gasteiger charge is 2.31. The summed E-state index contributed by atoms with van der Waals surface area (Å²) in [6.45, 7) is 0.401. The van der Waals surface area contributed by atoms with Crippen molar-refractivity contribution in [3.8, 4) is 0 Å².